The molecule has 9 aromatic carbocycles. The average Bonchev–Trinajstić information content (AvgIpc) is 2.90. The van der Waals surface area contributed by atoms with Gasteiger partial charge in [0.1, 0.15) is 16.7 Å². The minimum atomic E-state index is -0.137. The summed E-state index contributed by atoms with van der Waals surface area (Å²) in [5, 5.41) is 9.98. The molecule has 8 fully saturated rings. The van der Waals surface area contributed by atoms with E-state index >= 15 is 0 Å². The normalized spacial score (nSPS) is 29.4. The lowest BCUT2D eigenvalue weighted by Gasteiger charge is -2.66. The second-order valence-corrected chi connectivity index (χ2v) is 26.8. The molecule has 0 saturated heterocycles. The van der Waals surface area contributed by atoms with Crippen molar-refractivity contribution < 1.29 is 8.83 Å². The summed E-state index contributed by atoms with van der Waals surface area (Å²) in [6.45, 7) is -0.137. The monoisotopic (exact) mass is 990 g/mol. The predicted molar refractivity (Wildman–Crippen MR) is 315 cm³/mol. The van der Waals surface area contributed by atoms with Crippen LogP contribution >= 0.6 is 0 Å². The number of benzene rings is 9. The zero-order chi connectivity index (χ0) is 49.4. The Bertz CT molecular complexity index is 4650. The summed E-state index contributed by atoms with van der Waals surface area (Å²) >= 11 is 0. The van der Waals surface area contributed by atoms with Crippen molar-refractivity contribution in [3.63, 3.8) is 0 Å². The standard InChI is InChI=1S/C72H55BN2O2/c1-2-8-42(9-3-1)43-14-17-51(18-15-43)75-62-31-56-55-23-44-10-4-5-11-45(44)24-64(55)76-65(56)32-54(62)57-30-59-52-12-6-7-13-63(52)77-69(59)68-66(57)73(75)60-29-47(70-33-39-20-40(34-70)22-41(21-39)35-70)28-58-53-27-46(16-19-61(53)74(68)67(58)60)71-36-49-25-48-26-50(37-71)72(48,49)38-71/h1-19,23-24,27-32,39-41,48-50H,20-22,25-26,33-38H2. The van der Waals surface area contributed by atoms with Gasteiger partial charge in [0.2, 0.25) is 0 Å². The first-order chi connectivity index (χ1) is 37.9. The molecule has 12 aromatic rings. The van der Waals surface area contributed by atoms with Crippen LogP contribution < -0.4 is 15.7 Å². The van der Waals surface area contributed by atoms with Gasteiger partial charge in [-0.1, -0.05) is 97.1 Å². The van der Waals surface area contributed by atoms with Gasteiger partial charge in [-0.05, 0) is 239 Å². The number of rotatable bonds is 4. The van der Waals surface area contributed by atoms with E-state index in [9.17, 15) is 0 Å². The van der Waals surface area contributed by atoms with Gasteiger partial charge in [-0.3, -0.25) is 0 Å². The van der Waals surface area contributed by atoms with Gasteiger partial charge in [-0.15, -0.1) is 0 Å². The van der Waals surface area contributed by atoms with Crippen LogP contribution in [0.2, 0.25) is 0 Å². The zero-order valence-corrected chi connectivity index (χ0v) is 43.1. The molecule has 8 aliphatic carbocycles. The maximum absolute atomic E-state index is 7.35. The smallest absolute Gasteiger partial charge is 0.333 e. The third kappa shape index (κ3) is 4.83. The fourth-order valence-electron chi connectivity index (χ4n) is 20.9. The Morgan fingerprint density at radius 3 is 1.95 bits per heavy atom. The second-order valence-electron chi connectivity index (χ2n) is 26.8. The van der Waals surface area contributed by atoms with E-state index in [4.69, 9.17) is 8.83 Å². The average molecular weight is 991 g/mol. The van der Waals surface area contributed by atoms with Crippen LogP contribution in [0.1, 0.15) is 81.8 Å². The molecule has 6 bridgehead atoms. The van der Waals surface area contributed by atoms with Crippen molar-refractivity contribution in [2.45, 2.75) is 81.5 Å². The van der Waals surface area contributed by atoms with Crippen LogP contribution in [0.3, 0.4) is 0 Å². The minimum absolute atomic E-state index is 0.137. The number of furan rings is 2. The van der Waals surface area contributed by atoms with Gasteiger partial charge in [0.15, 0.2) is 5.58 Å². The molecule has 3 aromatic heterocycles. The van der Waals surface area contributed by atoms with Gasteiger partial charge in [-0.2, -0.15) is 0 Å². The first-order valence-corrected chi connectivity index (χ1v) is 29.4. The van der Waals surface area contributed by atoms with E-state index in [-0.39, 0.29) is 12.3 Å². The highest BCUT2D eigenvalue weighted by Gasteiger charge is 2.77. The van der Waals surface area contributed by atoms with Crippen LogP contribution in [0.5, 0.6) is 0 Å². The molecule has 0 N–H and O–H groups in total. The summed E-state index contributed by atoms with van der Waals surface area (Å²) in [4.78, 5) is 2.76. The minimum Gasteiger partial charge on any atom is -0.456 e. The molecule has 2 unspecified atom stereocenters. The molecule has 77 heavy (non-hydrogen) atoms. The van der Waals surface area contributed by atoms with Crippen LogP contribution in [-0.4, -0.2) is 11.4 Å². The second kappa shape index (κ2) is 13.4. The summed E-state index contributed by atoms with van der Waals surface area (Å²) in [6, 6.07) is 63.4. The van der Waals surface area contributed by atoms with Crippen molar-refractivity contribution in [1.29, 1.82) is 0 Å². The fraction of sp³-hybridized carbons (Fsp3) is 0.278. The molecular weight excluding hydrogens is 936 g/mol. The summed E-state index contributed by atoms with van der Waals surface area (Å²) in [5.74, 6) is 5.42. The van der Waals surface area contributed by atoms with Crippen LogP contribution in [-0.2, 0) is 10.8 Å². The molecule has 1 spiro atoms. The molecule has 4 nitrogen and oxygen atoms in total. The highest BCUT2D eigenvalue weighted by molar-refractivity contribution is 6.94. The first kappa shape index (κ1) is 40.7. The molecule has 2 atom stereocenters. The van der Waals surface area contributed by atoms with E-state index in [0.717, 1.165) is 74.0 Å². The van der Waals surface area contributed by atoms with E-state index in [1.807, 2.05) is 0 Å². The zero-order valence-electron chi connectivity index (χ0n) is 43.1. The first-order valence-electron chi connectivity index (χ1n) is 29.4. The lowest BCUT2D eigenvalue weighted by molar-refractivity contribution is -0.175. The number of para-hydroxylation sites is 1. The molecule has 0 amide bonds. The van der Waals surface area contributed by atoms with E-state index in [1.165, 1.54) is 159 Å². The summed E-state index contributed by atoms with van der Waals surface area (Å²) in [5.41, 5.74) is 22.2. The van der Waals surface area contributed by atoms with E-state index in [0.29, 0.717) is 10.8 Å². The van der Waals surface area contributed by atoms with Gasteiger partial charge in [0, 0.05) is 49.3 Å². The largest absolute Gasteiger partial charge is 0.456 e. The molecule has 8 saturated carbocycles. The Labute approximate surface area is 446 Å². The molecular formula is C72H55BN2O2. The van der Waals surface area contributed by atoms with Crippen molar-refractivity contribution in [2.24, 2.45) is 40.9 Å². The highest BCUT2D eigenvalue weighted by Crippen LogP contribution is 2.84. The van der Waals surface area contributed by atoms with Crippen molar-refractivity contribution in [2.75, 3.05) is 4.81 Å². The molecule has 5 heterocycles. The fourth-order valence-corrected chi connectivity index (χ4v) is 20.9. The maximum Gasteiger partial charge on any atom is 0.333 e. The quantitative estimate of drug-likeness (QED) is 0.165. The maximum atomic E-state index is 7.35. The van der Waals surface area contributed by atoms with E-state index in [2.05, 4.69) is 173 Å². The molecule has 2 aliphatic heterocycles. The molecule has 22 rings (SSSR count). The Kier molecular flexibility index (Phi) is 7.10. The Morgan fingerprint density at radius 2 is 1.17 bits per heavy atom. The van der Waals surface area contributed by atoms with Crippen LogP contribution in [0, 0.1) is 40.9 Å². The van der Waals surface area contributed by atoms with Gasteiger partial charge < -0.3 is 18.2 Å². The molecule has 368 valence electrons. The van der Waals surface area contributed by atoms with Crippen molar-refractivity contribution in [3.8, 4) is 27.9 Å². The van der Waals surface area contributed by atoms with Crippen LogP contribution in [0.25, 0.3) is 104 Å². The van der Waals surface area contributed by atoms with Crippen molar-refractivity contribution in [1.82, 2.24) is 4.57 Å². The molecule has 10 aliphatic rings. The summed E-state index contributed by atoms with van der Waals surface area (Å²) < 4.78 is 17.1. The van der Waals surface area contributed by atoms with Crippen LogP contribution in [0.4, 0.5) is 11.4 Å². The topological polar surface area (TPSA) is 34.5 Å². The number of nitrogens with zero attached hydrogens (tertiary/aromatic N) is 2. The van der Waals surface area contributed by atoms with Gasteiger partial charge >= 0.3 is 6.85 Å². The van der Waals surface area contributed by atoms with Crippen molar-refractivity contribution in [3.05, 3.63) is 175 Å². The Morgan fingerprint density at radius 1 is 0.468 bits per heavy atom. The summed E-state index contributed by atoms with van der Waals surface area (Å²) in [6.07, 6.45) is 15.5. The van der Waals surface area contributed by atoms with Gasteiger partial charge in [-0.25, -0.2) is 0 Å². The lowest BCUT2D eigenvalue weighted by Crippen LogP contribution is -2.61. The number of hydrogen-bond acceptors (Lipinski definition) is 3. The third-order valence-electron chi connectivity index (χ3n) is 23.5. The predicted octanol–water partition coefficient (Wildman–Crippen LogP) is 17.2. The third-order valence-corrected chi connectivity index (χ3v) is 23.5. The van der Waals surface area contributed by atoms with Crippen LogP contribution in [0.15, 0.2) is 173 Å². The Hall–Kier alpha value is -7.50. The highest BCUT2D eigenvalue weighted by atomic mass is 16.3. The van der Waals surface area contributed by atoms with Gasteiger partial charge in [0.05, 0.1) is 16.7 Å². The van der Waals surface area contributed by atoms with E-state index < -0.39 is 0 Å². The SMILES string of the molecule is c1ccc(-c2ccc(N3B4c5c(cc6c(oc7ccccc76)c5-n5c6ccc(C78CC9CC%10CC(C7)C%109C8)cc6c6cc(C78CC9CC(CC(C9)C7)C8)cc4c65)-c4cc5oc6cc7ccccc7cc6c5cc43)cc2)cc1. The summed E-state index contributed by atoms with van der Waals surface area (Å²) in [7, 11) is 0. The number of hydrogen-bond donors (Lipinski definition) is 0. The number of aromatic nitrogens is 1. The van der Waals surface area contributed by atoms with Gasteiger partial charge in [0.25, 0.3) is 0 Å². The molecule has 5 heteroatoms. The van der Waals surface area contributed by atoms with E-state index in [1.54, 1.807) is 11.1 Å². The van der Waals surface area contributed by atoms with Crippen molar-refractivity contribution >= 4 is 106 Å². The number of anilines is 2. The number of fused-ring (bicyclic) bond motifs is 16. The lowest BCUT2D eigenvalue weighted by atomic mass is 9.38. The Balaban J connectivity index is 0.903. The molecule has 0 radical (unpaired) electrons.